The van der Waals surface area contributed by atoms with E-state index in [1.165, 1.54) is 0 Å². The lowest BCUT2D eigenvalue weighted by Gasteiger charge is -2.14. The van der Waals surface area contributed by atoms with Gasteiger partial charge in [-0.25, -0.2) is 0 Å². The molecule has 0 saturated heterocycles. The van der Waals surface area contributed by atoms with Gasteiger partial charge in [-0.1, -0.05) is 29.3 Å². The van der Waals surface area contributed by atoms with Crippen LogP contribution in [0.2, 0.25) is 10.0 Å². The highest BCUT2D eigenvalue weighted by Gasteiger charge is 2.11. The van der Waals surface area contributed by atoms with E-state index in [0.29, 0.717) is 22.9 Å². The number of hydrogen-bond donors (Lipinski definition) is 1. The molecule has 1 heterocycles. The Kier molecular flexibility index (Phi) is 5.10. The summed E-state index contributed by atoms with van der Waals surface area (Å²) in [5.74, 6) is 0.780. The van der Waals surface area contributed by atoms with Gasteiger partial charge in [-0.3, -0.25) is 4.79 Å². The average Bonchev–Trinajstić information content (AvgIpc) is 2.92. The highest BCUT2D eigenvalue weighted by molar-refractivity contribution is 6.42. The largest absolute Gasteiger partial charge is 0.469 e. The lowest BCUT2D eigenvalue weighted by molar-refractivity contribution is -0.121. The molecule has 1 N–H and O–H groups in total. The predicted molar refractivity (Wildman–Crippen MR) is 80.0 cm³/mol. The van der Waals surface area contributed by atoms with E-state index >= 15 is 0 Å². The van der Waals surface area contributed by atoms with Crippen LogP contribution in [0.3, 0.4) is 0 Å². The molecule has 0 fully saturated rings. The Morgan fingerprint density at radius 3 is 2.75 bits per heavy atom. The van der Waals surface area contributed by atoms with Crippen LogP contribution in [0.5, 0.6) is 0 Å². The van der Waals surface area contributed by atoms with Gasteiger partial charge >= 0.3 is 0 Å². The monoisotopic (exact) mass is 311 g/mol. The molecule has 0 spiro atoms. The first-order valence-corrected chi connectivity index (χ1v) is 7.08. The molecule has 5 heteroatoms. The molecule has 0 saturated carbocycles. The standard InChI is InChI=1S/C15H15Cl2NO2/c1-10(11-4-6-13(16)14(17)9-11)18-15(19)7-5-12-3-2-8-20-12/h2-4,6,8-10H,5,7H2,1H3,(H,18,19). The van der Waals surface area contributed by atoms with Crippen molar-refractivity contribution >= 4 is 29.1 Å². The molecule has 1 aromatic heterocycles. The van der Waals surface area contributed by atoms with E-state index in [-0.39, 0.29) is 11.9 Å². The van der Waals surface area contributed by atoms with Gasteiger partial charge in [0.2, 0.25) is 5.91 Å². The third-order valence-corrected chi connectivity index (χ3v) is 3.74. The molecule has 0 aliphatic heterocycles. The highest BCUT2D eigenvalue weighted by Crippen LogP contribution is 2.25. The SMILES string of the molecule is CC(NC(=O)CCc1ccco1)c1ccc(Cl)c(Cl)c1. The van der Waals surface area contributed by atoms with Crippen LogP contribution in [0.4, 0.5) is 0 Å². The Morgan fingerprint density at radius 2 is 2.10 bits per heavy atom. The van der Waals surface area contributed by atoms with Crippen LogP contribution in [-0.4, -0.2) is 5.91 Å². The molecule has 2 aromatic rings. The number of aryl methyl sites for hydroxylation is 1. The van der Waals surface area contributed by atoms with Crippen molar-refractivity contribution in [3.8, 4) is 0 Å². The van der Waals surface area contributed by atoms with Crippen LogP contribution in [0.1, 0.15) is 30.7 Å². The molecule has 2 rings (SSSR count). The maximum atomic E-state index is 11.9. The number of rotatable bonds is 5. The van der Waals surface area contributed by atoms with E-state index in [4.69, 9.17) is 27.6 Å². The first-order valence-electron chi connectivity index (χ1n) is 6.33. The van der Waals surface area contributed by atoms with Gasteiger partial charge in [0.05, 0.1) is 22.4 Å². The van der Waals surface area contributed by atoms with E-state index in [1.54, 1.807) is 18.4 Å². The lowest BCUT2D eigenvalue weighted by atomic mass is 10.1. The first kappa shape index (κ1) is 14.9. The minimum Gasteiger partial charge on any atom is -0.469 e. The molecule has 0 aliphatic rings. The summed E-state index contributed by atoms with van der Waals surface area (Å²) in [6.45, 7) is 1.91. The zero-order chi connectivity index (χ0) is 14.5. The van der Waals surface area contributed by atoms with Crippen molar-refractivity contribution in [2.24, 2.45) is 0 Å². The van der Waals surface area contributed by atoms with Gasteiger partial charge in [0.25, 0.3) is 0 Å². The number of hydrogen-bond acceptors (Lipinski definition) is 2. The number of nitrogens with one attached hydrogen (secondary N) is 1. The predicted octanol–water partition coefficient (Wildman–Crippen LogP) is 4.40. The Bertz CT molecular complexity index is 582. The van der Waals surface area contributed by atoms with Crippen molar-refractivity contribution in [1.82, 2.24) is 5.32 Å². The van der Waals surface area contributed by atoms with Crippen LogP contribution >= 0.6 is 23.2 Å². The molecule has 106 valence electrons. The highest BCUT2D eigenvalue weighted by atomic mass is 35.5. The second-order valence-electron chi connectivity index (χ2n) is 4.54. The summed E-state index contributed by atoms with van der Waals surface area (Å²) in [5.41, 5.74) is 0.922. The van der Waals surface area contributed by atoms with Crippen molar-refractivity contribution in [2.75, 3.05) is 0 Å². The molecule has 0 radical (unpaired) electrons. The van der Waals surface area contributed by atoms with Crippen molar-refractivity contribution < 1.29 is 9.21 Å². The summed E-state index contributed by atoms with van der Waals surface area (Å²) in [6, 6.07) is 8.90. The number of halogens is 2. The Labute approximate surface area is 127 Å². The smallest absolute Gasteiger partial charge is 0.220 e. The van der Waals surface area contributed by atoms with Crippen molar-refractivity contribution in [3.63, 3.8) is 0 Å². The molecular weight excluding hydrogens is 297 g/mol. The summed E-state index contributed by atoms with van der Waals surface area (Å²) in [6.07, 6.45) is 2.58. The van der Waals surface area contributed by atoms with E-state index in [1.807, 2.05) is 25.1 Å². The fourth-order valence-corrected chi connectivity index (χ4v) is 2.18. The number of benzene rings is 1. The summed E-state index contributed by atoms with van der Waals surface area (Å²) >= 11 is 11.8. The van der Waals surface area contributed by atoms with Crippen molar-refractivity contribution in [3.05, 3.63) is 58.0 Å². The van der Waals surface area contributed by atoms with Gasteiger partial charge in [0, 0.05) is 12.8 Å². The van der Waals surface area contributed by atoms with Crippen LogP contribution < -0.4 is 5.32 Å². The van der Waals surface area contributed by atoms with Gasteiger partial charge in [0.15, 0.2) is 0 Å². The summed E-state index contributed by atoms with van der Waals surface area (Å²) in [4.78, 5) is 11.9. The zero-order valence-electron chi connectivity index (χ0n) is 11.0. The fourth-order valence-electron chi connectivity index (χ4n) is 1.87. The topological polar surface area (TPSA) is 42.2 Å². The number of furan rings is 1. The number of carbonyl (C=O) groups excluding carboxylic acids is 1. The summed E-state index contributed by atoms with van der Waals surface area (Å²) < 4.78 is 5.19. The third kappa shape index (κ3) is 4.02. The van der Waals surface area contributed by atoms with E-state index in [0.717, 1.165) is 11.3 Å². The summed E-state index contributed by atoms with van der Waals surface area (Å²) in [7, 11) is 0. The van der Waals surface area contributed by atoms with Crippen molar-refractivity contribution in [2.45, 2.75) is 25.8 Å². The molecule has 1 aromatic carbocycles. The molecule has 20 heavy (non-hydrogen) atoms. The molecule has 1 atom stereocenters. The molecule has 0 bridgehead atoms. The maximum absolute atomic E-state index is 11.9. The Morgan fingerprint density at radius 1 is 1.30 bits per heavy atom. The van der Waals surface area contributed by atoms with Gasteiger partial charge in [-0.05, 0) is 36.8 Å². The fraction of sp³-hybridized carbons (Fsp3) is 0.267. The minimum atomic E-state index is -0.117. The van der Waals surface area contributed by atoms with Gasteiger partial charge in [-0.2, -0.15) is 0 Å². The molecule has 0 aliphatic carbocycles. The van der Waals surface area contributed by atoms with Gasteiger partial charge in [-0.15, -0.1) is 0 Å². The second kappa shape index (κ2) is 6.82. The number of carbonyl (C=O) groups is 1. The van der Waals surface area contributed by atoms with Crippen LogP contribution in [0, 0.1) is 0 Å². The normalized spacial score (nSPS) is 12.2. The minimum absolute atomic E-state index is 0.0278. The molecular formula is C15H15Cl2NO2. The van der Waals surface area contributed by atoms with Crippen LogP contribution in [0.15, 0.2) is 41.0 Å². The van der Waals surface area contributed by atoms with Crippen LogP contribution in [0.25, 0.3) is 0 Å². The van der Waals surface area contributed by atoms with Crippen LogP contribution in [-0.2, 0) is 11.2 Å². The average molecular weight is 312 g/mol. The van der Waals surface area contributed by atoms with E-state index in [9.17, 15) is 4.79 Å². The summed E-state index contributed by atoms with van der Waals surface area (Å²) in [5, 5.41) is 3.92. The molecule has 1 amide bonds. The van der Waals surface area contributed by atoms with Crippen molar-refractivity contribution in [1.29, 1.82) is 0 Å². The number of amides is 1. The van der Waals surface area contributed by atoms with E-state index in [2.05, 4.69) is 5.32 Å². The van der Waals surface area contributed by atoms with E-state index < -0.39 is 0 Å². The second-order valence-corrected chi connectivity index (χ2v) is 5.36. The Hall–Kier alpha value is -1.45. The van der Waals surface area contributed by atoms with Gasteiger partial charge in [0.1, 0.15) is 5.76 Å². The maximum Gasteiger partial charge on any atom is 0.220 e. The van der Waals surface area contributed by atoms with Gasteiger partial charge < -0.3 is 9.73 Å². The first-order chi connectivity index (χ1) is 9.56. The molecule has 1 unspecified atom stereocenters. The Balaban J connectivity index is 1.88. The lowest BCUT2D eigenvalue weighted by Crippen LogP contribution is -2.26. The zero-order valence-corrected chi connectivity index (χ0v) is 12.5. The quantitative estimate of drug-likeness (QED) is 0.889. The third-order valence-electron chi connectivity index (χ3n) is 3.00. The molecule has 3 nitrogen and oxygen atoms in total.